The number of halogens is 1. The smallest absolute Gasteiger partial charge is 0.261 e. The largest absolute Gasteiger partial charge is 0.484 e. The molecule has 1 atom stereocenters. The summed E-state index contributed by atoms with van der Waals surface area (Å²) in [6, 6.07) is 22.5. The van der Waals surface area contributed by atoms with Crippen LogP contribution < -0.4 is 14.8 Å². The molecule has 0 unspecified atom stereocenters. The molecule has 2 amide bonds. The van der Waals surface area contributed by atoms with Gasteiger partial charge < -0.3 is 15.0 Å². The second-order valence-electron chi connectivity index (χ2n) is 9.13. The number of benzene rings is 3. The topological polar surface area (TPSA) is 118 Å². The van der Waals surface area contributed by atoms with Crippen molar-refractivity contribution in [3.8, 4) is 5.75 Å². The molecule has 0 radical (unpaired) electrons. The first-order valence-corrected chi connectivity index (χ1v) is 14.2. The molecule has 1 aromatic heterocycles. The highest BCUT2D eigenvalue weighted by Crippen LogP contribution is 2.20. The number of ether oxygens (including phenoxy) is 1. The van der Waals surface area contributed by atoms with E-state index < -0.39 is 27.8 Å². The lowest BCUT2D eigenvalue weighted by Crippen LogP contribution is -2.48. The molecule has 4 aromatic rings. The fourth-order valence-corrected chi connectivity index (χ4v) is 4.93. The highest BCUT2D eigenvalue weighted by Gasteiger charge is 2.26. The summed E-state index contributed by atoms with van der Waals surface area (Å²) in [5.41, 5.74) is 1.94. The van der Waals surface area contributed by atoms with E-state index in [1.165, 1.54) is 41.3 Å². The average Bonchev–Trinajstić information content (AvgIpc) is 2.99. The van der Waals surface area contributed by atoms with Crippen molar-refractivity contribution >= 4 is 27.5 Å². The fourth-order valence-electron chi connectivity index (χ4n) is 3.88. The van der Waals surface area contributed by atoms with E-state index in [0.29, 0.717) is 6.54 Å². The lowest BCUT2D eigenvalue weighted by molar-refractivity contribution is -0.142. The van der Waals surface area contributed by atoms with Gasteiger partial charge in [0.1, 0.15) is 17.6 Å². The molecule has 0 saturated heterocycles. The second kappa shape index (κ2) is 13.5. The van der Waals surface area contributed by atoms with E-state index in [0.717, 1.165) is 23.3 Å². The quantitative estimate of drug-likeness (QED) is 0.262. The number of aromatic nitrogens is 1. The third-order valence-corrected chi connectivity index (χ3v) is 7.57. The molecular formula is C30H29FN4O5S. The number of anilines is 1. The van der Waals surface area contributed by atoms with Crippen LogP contribution in [-0.4, -0.2) is 42.8 Å². The van der Waals surface area contributed by atoms with Crippen LogP contribution in [0.3, 0.4) is 0 Å². The van der Waals surface area contributed by atoms with Crippen molar-refractivity contribution in [2.45, 2.75) is 31.0 Å². The molecule has 11 heteroatoms. The number of nitrogens with zero attached hydrogens (tertiary/aromatic N) is 2. The van der Waals surface area contributed by atoms with E-state index in [-0.39, 0.29) is 35.4 Å². The predicted octanol–water partition coefficient (Wildman–Crippen LogP) is 4.13. The van der Waals surface area contributed by atoms with Gasteiger partial charge in [0.15, 0.2) is 6.61 Å². The Morgan fingerprint density at radius 3 is 2.22 bits per heavy atom. The Labute approximate surface area is 238 Å². The summed E-state index contributed by atoms with van der Waals surface area (Å²) in [5, 5.41) is 2.85. The number of rotatable bonds is 12. The first-order valence-electron chi connectivity index (χ1n) is 12.7. The lowest BCUT2D eigenvalue weighted by atomic mass is 10.1. The number of carbonyl (C=O) groups excluding carboxylic acids is 2. The molecule has 0 bridgehead atoms. The minimum atomic E-state index is -3.92. The standard InChI is InChI=1S/C30H29FN4O5S/c1-22(30(37)33-19-23-15-17-32-18-16-23)35(20-24-5-3-2-4-6-24)29(36)21-40-27-11-13-28(14-12-27)41(38,39)34-26-9-7-25(31)8-10-26/h2-18,22,34H,19-21H2,1H3,(H,33,37)/t22-/m0/s1. The van der Waals surface area contributed by atoms with Gasteiger partial charge in [0, 0.05) is 31.2 Å². The summed E-state index contributed by atoms with van der Waals surface area (Å²) in [4.78, 5) is 31.6. The summed E-state index contributed by atoms with van der Waals surface area (Å²) in [6.45, 7) is 1.77. The van der Waals surface area contributed by atoms with Crippen LogP contribution in [-0.2, 0) is 32.7 Å². The normalized spacial score (nSPS) is 11.8. The van der Waals surface area contributed by atoms with Crippen LogP contribution in [0.5, 0.6) is 5.75 Å². The molecule has 0 aliphatic carbocycles. The Morgan fingerprint density at radius 2 is 1.56 bits per heavy atom. The van der Waals surface area contributed by atoms with Crippen molar-refractivity contribution in [3.05, 3.63) is 120 Å². The number of amides is 2. The summed E-state index contributed by atoms with van der Waals surface area (Å²) in [7, 11) is -3.92. The van der Waals surface area contributed by atoms with Crippen LogP contribution in [0.1, 0.15) is 18.1 Å². The molecule has 1 heterocycles. The zero-order valence-electron chi connectivity index (χ0n) is 22.2. The number of pyridine rings is 1. The van der Waals surface area contributed by atoms with Gasteiger partial charge in [-0.3, -0.25) is 19.3 Å². The monoisotopic (exact) mass is 576 g/mol. The third-order valence-electron chi connectivity index (χ3n) is 6.17. The van der Waals surface area contributed by atoms with E-state index in [1.54, 1.807) is 31.5 Å². The number of hydrogen-bond acceptors (Lipinski definition) is 6. The Hall–Kier alpha value is -4.77. The van der Waals surface area contributed by atoms with Crippen LogP contribution in [0.2, 0.25) is 0 Å². The van der Waals surface area contributed by atoms with Crippen LogP contribution >= 0.6 is 0 Å². The van der Waals surface area contributed by atoms with Gasteiger partial charge in [-0.2, -0.15) is 0 Å². The van der Waals surface area contributed by atoms with Gasteiger partial charge >= 0.3 is 0 Å². The van der Waals surface area contributed by atoms with Crippen LogP contribution in [0.4, 0.5) is 10.1 Å². The average molecular weight is 577 g/mol. The van der Waals surface area contributed by atoms with Gasteiger partial charge in [0.05, 0.1) is 4.90 Å². The van der Waals surface area contributed by atoms with E-state index in [2.05, 4.69) is 15.0 Å². The molecule has 2 N–H and O–H groups in total. The van der Waals surface area contributed by atoms with Crippen LogP contribution in [0, 0.1) is 5.82 Å². The highest BCUT2D eigenvalue weighted by molar-refractivity contribution is 7.92. The summed E-state index contributed by atoms with van der Waals surface area (Å²) >= 11 is 0. The number of carbonyl (C=O) groups is 2. The van der Waals surface area contributed by atoms with Gasteiger partial charge in [-0.05, 0) is 78.7 Å². The van der Waals surface area contributed by atoms with Crippen molar-refractivity contribution in [1.29, 1.82) is 0 Å². The van der Waals surface area contributed by atoms with E-state index in [1.807, 2.05) is 30.3 Å². The Balaban J connectivity index is 1.40. The molecule has 0 saturated carbocycles. The maximum absolute atomic E-state index is 13.3. The summed E-state index contributed by atoms with van der Waals surface area (Å²) in [5.74, 6) is -0.954. The van der Waals surface area contributed by atoms with Crippen molar-refractivity contribution in [2.24, 2.45) is 0 Å². The van der Waals surface area contributed by atoms with Crippen molar-refractivity contribution in [2.75, 3.05) is 11.3 Å². The predicted molar refractivity (Wildman–Crippen MR) is 152 cm³/mol. The van der Waals surface area contributed by atoms with Crippen LogP contribution in [0.15, 0.2) is 108 Å². The molecule has 3 aromatic carbocycles. The van der Waals surface area contributed by atoms with Gasteiger partial charge in [-0.25, -0.2) is 12.8 Å². The lowest BCUT2D eigenvalue weighted by Gasteiger charge is -2.28. The zero-order valence-corrected chi connectivity index (χ0v) is 23.1. The molecule has 212 valence electrons. The molecule has 41 heavy (non-hydrogen) atoms. The molecule has 4 rings (SSSR count). The second-order valence-corrected chi connectivity index (χ2v) is 10.8. The Morgan fingerprint density at radius 1 is 0.902 bits per heavy atom. The maximum atomic E-state index is 13.3. The summed E-state index contributed by atoms with van der Waals surface area (Å²) in [6.07, 6.45) is 3.27. The highest BCUT2D eigenvalue weighted by atomic mass is 32.2. The SMILES string of the molecule is C[C@@H](C(=O)NCc1ccncc1)N(Cc1ccccc1)C(=O)COc1ccc(S(=O)(=O)Nc2ccc(F)cc2)cc1. The number of nitrogens with one attached hydrogen (secondary N) is 2. The van der Waals surface area contributed by atoms with Crippen molar-refractivity contribution in [3.63, 3.8) is 0 Å². The van der Waals surface area contributed by atoms with Crippen LogP contribution in [0.25, 0.3) is 0 Å². The third kappa shape index (κ3) is 8.36. The molecule has 9 nitrogen and oxygen atoms in total. The molecular weight excluding hydrogens is 547 g/mol. The first kappa shape index (κ1) is 29.2. The zero-order chi connectivity index (χ0) is 29.2. The molecule has 0 spiro atoms. The molecule has 0 aliphatic rings. The number of sulfonamides is 1. The molecule has 0 fully saturated rings. The van der Waals surface area contributed by atoms with Gasteiger partial charge in [-0.15, -0.1) is 0 Å². The van der Waals surface area contributed by atoms with Gasteiger partial charge in [0.2, 0.25) is 5.91 Å². The minimum absolute atomic E-state index is 0.0364. The van der Waals surface area contributed by atoms with Gasteiger partial charge in [-0.1, -0.05) is 30.3 Å². The fraction of sp³-hybridized carbons (Fsp3) is 0.167. The minimum Gasteiger partial charge on any atom is -0.484 e. The van der Waals surface area contributed by atoms with Crippen molar-refractivity contribution in [1.82, 2.24) is 15.2 Å². The maximum Gasteiger partial charge on any atom is 0.261 e. The van der Waals surface area contributed by atoms with E-state index in [9.17, 15) is 22.4 Å². The first-order chi connectivity index (χ1) is 19.7. The number of hydrogen-bond donors (Lipinski definition) is 2. The Bertz CT molecular complexity index is 1550. The van der Waals surface area contributed by atoms with E-state index >= 15 is 0 Å². The Kier molecular flexibility index (Phi) is 9.64. The van der Waals surface area contributed by atoms with Crippen molar-refractivity contribution < 1.29 is 27.1 Å². The van der Waals surface area contributed by atoms with E-state index in [4.69, 9.17) is 4.74 Å². The molecule has 0 aliphatic heterocycles. The van der Waals surface area contributed by atoms with Gasteiger partial charge in [0.25, 0.3) is 15.9 Å². The summed E-state index contributed by atoms with van der Waals surface area (Å²) < 4.78 is 46.5.